The largest absolute Gasteiger partial charge is 0.313 e. The molecular weight excluding hydrogens is 257 g/mol. The van der Waals surface area contributed by atoms with Gasteiger partial charge in [0, 0.05) is 16.7 Å². The predicted molar refractivity (Wildman–Crippen MR) is 83.3 cm³/mol. The van der Waals surface area contributed by atoms with Crippen LogP contribution in [0.25, 0.3) is 0 Å². The lowest BCUT2D eigenvalue weighted by molar-refractivity contribution is 0.500. The van der Waals surface area contributed by atoms with Crippen LogP contribution in [-0.4, -0.2) is 18.3 Å². The molecule has 19 heavy (non-hydrogen) atoms. The molecule has 0 spiro atoms. The van der Waals surface area contributed by atoms with Crippen LogP contribution >= 0.6 is 11.8 Å². The zero-order chi connectivity index (χ0) is 13.9. The molecule has 0 heterocycles. The van der Waals surface area contributed by atoms with E-state index in [9.17, 15) is 4.39 Å². The Labute approximate surface area is 121 Å². The van der Waals surface area contributed by atoms with Crippen LogP contribution < -0.4 is 5.32 Å². The Bertz CT molecular complexity index is 326. The second-order valence-electron chi connectivity index (χ2n) is 4.87. The Morgan fingerprint density at radius 2 is 1.84 bits per heavy atom. The summed E-state index contributed by atoms with van der Waals surface area (Å²) in [5.41, 5.74) is 0. The molecule has 1 aromatic rings. The average Bonchev–Trinajstić information content (AvgIpc) is 2.42. The summed E-state index contributed by atoms with van der Waals surface area (Å²) in [6, 6.07) is 7.36. The maximum atomic E-state index is 12.8. The molecule has 0 aromatic heterocycles. The summed E-state index contributed by atoms with van der Waals surface area (Å²) in [5, 5.41) is 3.55. The van der Waals surface area contributed by atoms with Gasteiger partial charge in [0.1, 0.15) is 5.82 Å². The fourth-order valence-electron chi connectivity index (χ4n) is 2.08. The van der Waals surface area contributed by atoms with E-state index < -0.39 is 0 Å². The van der Waals surface area contributed by atoms with Gasteiger partial charge < -0.3 is 5.32 Å². The maximum absolute atomic E-state index is 12.8. The highest BCUT2D eigenvalue weighted by atomic mass is 32.2. The highest BCUT2D eigenvalue weighted by Crippen LogP contribution is 2.20. The molecule has 1 N–H and O–H groups in total. The summed E-state index contributed by atoms with van der Waals surface area (Å²) < 4.78 is 12.8. The van der Waals surface area contributed by atoms with E-state index in [1.165, 1.54) is 44.2 Å². The molecule has 108 valence electrons. The van der Waals surface area contributed by atoms with E-state index in [4.69, 9.17) is 0 Å². The summed E-state index contributed by atoms with van der Waals surface area (Å²) in [6.07, 6.45) is 6.50. The Hall–Kier alpha value is -0.540. The minimum Gasteiger partial charge on any atom is -0.313 e. The molecule has 1 atom stereocenters. The average molecular weight is 283 g/mol. The summed E-state index contributed by atoms with van der Waals surface area (Å²) in [5.74, 6) is 0.901. The lowest BCUT2D eigenvalue weighted by atomic mass is 10.1. The molecule has 0 aliphatic rings. The summed E-state index contributed by atoms with van der Waals surface area (Å²) in [4.78, 5) is 1.15. The van der Waals surface area contributed by atoms with Crippen molar-refractivity contribution in [3.05, 3.63) is 30.1 Å². The molecule has 0 aliphatic heterocycles. The number of unbranched alkanes of at least 4 members (excludes halogenated alkanes) is 3. The number of benzene rings is 1. The third kappa shape index (κ3) is 7.58. The predicted octanol–water partition coefficient (Wildman–Crippen LogP) is 4.87. The van der Waals surface area contributed by atoms with Gasteiger partial charge in [-0.2, -0.15) is 0 Å². The summed E-state index contributed by atoms with van der Waals surface area (Å²) in [7, 11) is 0. The Morgan fingerprint density at radius 3 is 2.47 bits per heavy atom. The monoisotopic (exact) mass is 283 g/mol. The first kappa shape index (κ1) is 16.5. The van der Waals surface area contributed by atoms with Gasteiger partial charge in [-0.3, -0.25) is 0 Å². The molecule has 1 aromatic carbocycles. The highest BCUT2D eigenvalue weighted by molar-refractivity contribution is 7.99. The lowest BCUT2D eigenvalue weighted by Gasteiger charge is -2.17. The van der Waals surface area contributed by atoms with Gasteiger partial charge in [0.05, 0.1) is 0 Å². The normalized spacial score (nSPS) is 12.6. The zero-order valence-electron chi connectivity index (χ0n) is 12.1. The SMILES string of the molecule is CCCCCCC(CSc1ccc(F)cc1)NCC. The molecule has 0 amide bonds. The first-order valence-corrected chi connectivity index (χ1v) is 8.36. The minimum absolute atomic E-state index is 0.160. The smallest absolute Gasteiger partial charge is 0.123 e. The Balaban J connectivity index is 2.29. The van der Waals surface area contributed by atoms with E-state index >= 15 is 0 Å². The Morgan fingerprint density at radius 1 is 1.11 bits per heavy atom. The van der Waals surface area contributed by atoms with Crippen molar-refractivity contribution >= 4 is 11.8 Å². The Kier molecular flexibility index (Phi) is 8.93. The van der Waals surface area contributed by atoms with Crippen LogP contribution in [0, 0.1) is 5.82 Å². The number of nitrogens with one attached hydrogen (secondary N) is 1. The number of thioether (sulfide) groups is 1. The lowest BCUT2D eigenvalue weighted by Crippen LogP contribution is -2.31. The maximum Gasteiger partial charge on any atom is 0.123 e. The first-order valence-electron chi connectivity index (χ1n) is 7.38. The van der Waals surface area contributed by atoms with Crippen molar-refractivity contribution in [3.8, 4) is 0 Å². The molecule has 0 saturated heterocycles. The van der Waals surface area contributed by atoms with Crippen LogP contribution in [0.1, 0.15) is 46.0 Å². The molecule has 0 radical (unpaired) electrons. The van der Waals surface area contributed by atoms with Crippen LogP contribution in [0.5, 0.6) is 0 Å². The number of hydrogen-bond acceptors (Lipinski definition) is 2. The van der Waals surface area contributed by atoms with Crippen molar-refractivity contribution in [2.45, 2.75) is 56.9 Å². The van der Waals surface area contributed by atoms with Crippen molar-refractivity contribution in [3.63, 3.8) is 0 Å². The minimum atomic E-state index is -0.160. The van der Waals surface area contributed by atoms with Crippen LogP contribution in [0.15, 0.2) is 29.2 Å². The molecule has 0 saturated carbocycles. The van der Waals surface area contributed by atoms with Gasteiger partial charge >= 0.3 is 0 Å². The fraction of sp³-hybridized carbons (Fsp3) is 0.625. The van der Waals surface area contributed by atoms with Gasteiger partial charge in [-0.15, -0.1) is 11.8 Å². The van der Waals surface area contributed by atoms with E-state index in [0.29, 0.717) is 6.04 Å². The van der Waals surface area contributed by atoms with E-state index in [1.54, 1.807) is 0 Å². The van der Waals surface area contributed by atoms with E-state index in [2.05, 4.69) is 19.2 Å². The molecule has 1 rings (SSSR count). The zero-order valence-corrected chi connectivity index (χ0v) is 12.9. The van der Waals surface area contributed by atoms with Crippen molar-refractivity contribution in [1.82, 2.24) is 5.32 Å². The summed E-state index contributed by atoms with van der Waals surface area (Å²) >= 11 is 1.81. The molecule has 1 nitrogen and oxygen atoms in total. The fourth-order valence-corrected chi connectivity index (χ4v) is 3.08. The molecule has 1 unspecified atom stereocenters. The van der Waals surface area contributed by atoms with Crippen molar-refractivity contribution in [2.75, 3.05) is 12.3 Å². The van der Waals surface area contributed by atoms with Gasteiger partial charge in [0.25, 0.3) is 0 Å². The second-order valence-corrected chi connectivity index (χ2v) is 5.96. The topological polar surface area (TPSA) is 12.0 Å². The number of rotatable bonds is 10. The van der Waals surface area contributed by atoms with Crippen molar-refractivity contribution in [2.24, 2.45) is 0 Å². The third-order valence-corrected chi connectivity index (χ3v) is 4.34. The second kappa shape index (κ2) is 10.3. The highest BCUT2D eigenvalue weighted by Gasteiger charge is 2.07. The van der Waals surface area contributed by atoms with Crippen LogP contribution in [0.4, 0.5) is 4.39 Å². The van der Waals surface area contributed by atoms with E-state index in [0.717, 1.165) is 17.2 Å². The van der Waals surface area contributed by atoms with Crippen molar-refractivity contribution < 1.29 is 4.39 Å². The molecule has 3 heteroatoms. The third-order valence-electron chi connectivity index (χ3n) is 3.16. The molecular formula is C16H26FNS. The van der Waals surface area contributed by atoms with Crippen LogP contribution in [0.3, 0.4) is 0 Å². The molecule has 0 aliphatic carbocycles. The summed E-state index contributed by atoms with van der Waals surface area (Å²) in [6.45, 7) is 5.41. The number of hydrogen-bond donors (Lipinski definition) is 1. The van der Waals surface area contributed by atoms with Gasteiger partial charge in [-0.25, -0.2) is 4.39 Å². The van der Waals surface area contributed by atoms with Crippen LogP contribution in [-0.2, 0) is 0 Å². The van der Waals surface area contributed by atoms with Gasteiger partial charge in [-0.1, -0.05) is 39.5 Å². The van der Waals surface area contributed by atoms with Gasteiger partial charge in [-0.05, 0) is 37.2 Å². The standard InChI is InChI=1S/C16H26FNS/c1-3-5-6-7-8-15(18-4-2)13-19-16-11-9-14(17)10-12-16/h9-12,15,18H,3-8,13H2,1-2H3. The van der Waals surface area contributed by atoms with Gasteiger partial charge in [0.2, 0.25) is 0 Å². The van der Waals surface area contributed by atoms with E-state index in [1.807, 2.05) is 23.9 Å². The number of halogens is 1. The molecule has 0 fully saturated rings. The van der Waals surface area contributed by atoms with Crippen LogP contribution in [0.2, 0.25) is 0 Å². The van der Waals surface area contributed by atoms with Crippen molar-refractivity contribution in [1.29, 1.82) is 0 Å². The first-order chi connectivity index (χ1) is 9.26. The molecule has 0 bridgehead atoms. The van der Waals surface area contributed by atoms with E-state index in [-0.39, 0.29) is 5.82 Å². The van der Waals surface area contributed by atoms with Gasteiger partial charge in [0.15, 0.2) is 0 Å². The quantitative estimate of drug-likeness (QED) is 0.486.